The van der Waals surface area contributed by atoms with Gasteiger partial charge < -0.3 is 19.0 Å². The van der Waals surface area contributed by atoms with Crippen molar-refractivity contribution in [1.29, 1.82) is 0 Å². The molecule has 2 aromatic heterocycles. The molecule has 194 valence electrons. The molecule has 0 N–H and O–H groups in total. The summed E-state index contributed by atoms with van der Waals surface area (Å²) in [6.07, 6.45) is 3.30. The first-order valence-electron chi connectivity index (χ1n) is 12.6. The SMILES string of the molecule is Cc1cc(-c2nc3ccc(N(C)C4CCN(C(=O)OC(C)(C)C)CC4)cc3c(=O)o2)cc2cn(C)nc12. The molecule has 1 saturated heterocycles. The molecule has 1 aliphatic heterocycles. The van der Waals surface area contributed by atoms with Crippen LogP contribution in [-0.2, 0) is 11.8 Å². The van der Waals surface area contributed by atoms with Crippen molar-refractivity contribution in [3.05, 3.63) is 52.5 Å². The molecule has 1 fully saturated rings. The Morgan fingerprint density at radius 1 is 1.16 bits per heavy atom. The third kappa shape index (κ3) is 5.03. The Bertz CT molecular complexity index is 1540. The summed E-state index contributed by atoms with van der Waals surface area (Å²) >= 11 is 0. The molecule has 0 unspecified atom stereocenters. The zero-order valence-electron chi connectivity index (χ0n) is 22.2. The largest absolute Gasteiger partial charge is 0.444 e. The maximum Gasteiger partial charge on any atom is 0.410 e. The zero-order chi connectivity index (χ0) is 26.5. The van der Waals surface area contributed by atoms with Crippen LogP contribution in [0.1, 0.15) is 39.2 Å². The summed E-state index contributed by atoms with van der Waals surface area (Å²) in [5.41, 5.74) is 3.24. The molecule has 3 heterocycles. The zero-order valence-corrected chi connectivity index (χ0v) is 22.2. The number of piperidine rings is 1. The van der Waals surface area contributed by atoms with Gasteiger partial charge in [0.25, 0.3) is 0 Å². The van der Waals surface area contributed by atoms with E-state index in [0.717, 1.165) is 40.6 Å². The number of benzene rings is 2. The van der Waals surface area contributed by atoms with Gasteiger partial charge in [0.15, 0.2) is 0 Å². The molecule has 5 rings (SSSR count). The number of aromatic nitrogens is 3. The van der Waals surface area contributed by atoms with E-state index in [2.05, 4.69) is 15.0 Å². The summed E-state index contributed by atoms with van der Waals surface area (Å²) in [4.78, 5) is 34.0. The van der Waals surface area contributed by atoms with Crippen molar-refractivity contribution in [1.82, 2.24) is 19.7 Å². The number of ether oxygens (including phenoxy) is 1. The van der Waals surface area contributed by atoms with E-state index in [1.54, 1.807) is 9.58 Å². The van der Waals surface area contributed by atoms with Gasteiger partial charge in [0.05, 0.1) is 16.4 Å². The first-order valence-corrected chi connectivity index (χ1v) is 12.6. The summed E-state index contributed by atoms with van der Waals surface area (Å²) in [6.45, 7) is 8.87. The molecular weight excluding hydrogens is 470 g/mol. The minimum absolute atomic E-state index is 0.240. The lowest BCUT2D eigenvalue weighted by atomic mass is 10.0. The predicted molar refractivity (Wildman–Crippen MR) is 144 cm³/mol. The van der Waals surface area contributed by atoms with Crippen LogP contribution in [-0.4, -0.2) is 57.5 Å². The predicted octanol–water partition coefficient (Wildman–Crippen LogP) is 4.89. The van der Waals surface area contributed by atoms with Crippen LogP contribution >= 0.6 is 0 Å². The number of hydrogen-bond acceptors (Lipinski definition) is 7. The lowest BCUT2D eigenvalue weighted by molar-refractivity contribution is 0.0205. The van der Waals surface area contributed by atoms with E-state index in [9.17, 15) is 9.59 Å². The number of rotatable bonds is 3. The number of aryl methyl sites for hydroxylation is 2. The Balaban J connectivity index is 1.36. The fourth-order valence-electron chi connectivity index (χ4n) is 4.93. The minimum atomic E-state index is -0.505. The number of nitrogens with zero attached hydrogens (tertiary/aromatic N) is 5. The van der Waals surface area contributed by atoms with E-state index in [1.165, 1.54) is 0 Å². The summed E-state index contributed by atoms with van der Waals surface area (Å²) in [6, 6.07) is 9.82. The van der Waals surface area contributed by atoms with Crippen molar-refractivity contribution in [3.63, 3.8) is 0 Å². The van der Waals surface area contributed by atoms with E-state index < -0.39 is 11.2 Å². The molecule has 0 bridgehead atoms. The second-order valence-electron chi connectivity index (χ2n) is 10.9. The van der Waals surface area contributed by atoms with Crippen LogP contribution < -0.4 is 10.5 Å². The van der Waals surface area contributed by atoms with Crippen molar-refractivity contribution in [3.8, 4) is 11.5 Å². The van der Waals surface area contributed by atoms with Crippen LogP contribution in [0.2, 0.25) is 0 Å². The molecule has 9 heteroatoms. The summed E-state index contributed by atoms with van der Waals surface area (Å²) < 4.78 is 13.0. The van der Waals surface area contributed by atoms with Crippen LogP contribution in [0, 0.1) is 6.92 Å². The van der Waals surface area contributed by atoms with Gasteiger partial charge in [0.2, 0.25) is 5.89 Å². The Labute approximate surface area is 215 Å². The highest BCUT2D eigenvalue weighted by molar-refractivity contribution is 5.87. The molecule has 0 saturated carbocycles. The van der Waals surface area contributed by atoms with Crippen molar-refractivity contribution < 1.29 is 13.9 Å². The Morgan fingerprint density at radius 3 is 2.59 bits per heavy atom. The molecule has 4 aromatic rings. The van der Waals surface area contributed by atoms with Crippen molar-refractivity contribution in [2.75, 3.05) is 25.0 Å². The second kappa shape index (κ2) is 9.21. The molecule has 0 aliphatic carbocycles. The summed E-state index contributed by atoms with van der Waals surface area (Å²) in [7, 11) is 3.90. The van der Waals surface area contributed by atoms with E-state index in [0.29, 0.717) is 29.9 Å². The third-order valence-electron chi connectivity index (χ3n) is 6.84. The molecule has 1 aliphatic rings. The lowest BCUT2D eigenvalue weighted by Crippen LogP contribution is -2.47. The third-order valence-corrected chi connectivity index (χ3v) is 6.84. The van der Waals surface area contributed by atoms with Gasteiger partial charge in [-0.05, 0) is 76.4 Å². The molecular formula is C28H33N5O4. The first-order chi connectivity index (χ1) is 17.5. The maximum absolute atomic E-state index is 13.0. The number of hydrogen-bond donors (Lipinski definition) is 0. The second-order valence-corrected chi connectivity index (χ2v) is 10.9. The molecule has 0 atom stereocenters. The highest BCUT2D eigenvalue weighted by Crippen LogP contribution is 2.28. The Kier molecular flexibility index (Phi) is 6.17. The quantitative estimate of drug-likeness (QED) is 0.393. The molecule has 0 spiro atoms. The number of amides is 1. The van der Waals surface area contributed by atoms with Crippen molar-refractivity contribution in [2.24, 2.45) is 7.05 Å². The van der Waals surface area contributed by atoms with Crippen LogP contribution in [0.5, 0.6) is 0 Å². The average Bonchev–Trinajstić information content (AvgIpc) is 3.23. The van der Waals surface area contributed by atoms with E-state index in [-0.39, 0.29) is 12.1 Å². The van der Waals surface area contributed by atoms with Crippen LogP contribution in [0.3, 0.4) is 0 Å². The first kappa shape index (κ1) is 24.8. The fraction of sp³-hybridized carbons (Fsp3) is 0.429. The van der Waals surface area contributed by atoms with Gasteiger partial charge in [-0.1, -0.05) is 0 Å². The Morgan fingerprint density at radius 2 is 1.89 bits per heavy atom. The van der Waals surface area contributed by atoms with Gasteiger partial charge in [-0.2, -0.15) is 5.10 Å². The minimum Gasteiger partial charge on any atom is -0.444 e. The highest BCUT2D eigenvalue weighted by atomic mass is 16.6. The smallest absolute Gasteiger partial charge is 0.410 e. The summed E-state index contributed by atoms with van der Waals surface area (Å²) in [5.74, 6) is 0.293. The van der Waals surface area contributed by atoms with Gasteiger partial charge in [0.1, 0.15) is 5.60 Å². The average molecular weight is 504 g/mol. The number of carbonyl (C=O) groups excluding carboxylic acids is 1. The number of likely N-dealkylation sites (tertiary alicyclic amines) is 1. The maximum atomic E-state index is 13.0. The molecule has 2 aromatic carbocycles. The number of anilines is 1. The topological polar surface area (TPSA) is 93.7 Å². The van der Waals surface area contributed by atoms with Crippen molar-refractivity contribution >= 4 is 33.6 Å². The molecule has 9 nitrogen and oxygen atoms in total. The van der Waals surface area contributed by atoms with E-state index in [1.807, 2.05) is 78.3 Å². The van der Waals surface area contributed by atoms with Gasteiger partial charge in [-0.25, -0.2) is 14.6 Å². The lowest BCUT2D eigenvalue weighted by Gasteiger charge is -2.38. The standard InChI is InChI=1S/C28H33N5O4/c1-17-13-18(14-19-16-31(5)30-24(17)19)25-29-23-8-7-21(15-22(23)26(34)36-25)32(6)20-9-11-33(12-10-20)27(35)37-28(2,3)4/h7-8,13-16,20H,9-12H2,1-6H3. The fourth-order valence-corrected chi connectivity index (χ4v) is 4.93. The number of fused-ring (bicyclic) bond motifs is 2. The van der Waals surface area contributed by atoms with Crippen LogP contribution in [0.25, 0.3) is 33.3 Å². The normalized spacial score (nSPS) is 14.9. The van der Waals surface area contributed by atoms with Gasteiger partial charge in [-0.3, -0.25) is 4.68 Å². The van der Waals surface area contributed by atoms with Gasteiger partial charge >= 0.3 is 11.7 Å². The Hall–Kier alpha value is -3.88. The monoisotopic (exact) mass is 503 g/mol. The number of carbonyl (C=O) groups is 1. The molecule has 0 radical (unpaired) electrons. The highest BCUT2D eigenvalue weighted by Gasteiger charge is 2.28. The molecule has 1 amide bonds. The molecule has 37 heavy (non-hydrogen) atoms. The van der Waals surface area contributed by atoms with Crippen molar-refractivity contribution in [2.45, 2.75) is 52.2 Å². The van der Waals surface area contributed by atoms with E-state index in [4.69, 9.17) is 9.15 Å². The van der Waals surface area contributed by atoms with E-state index >= 15 is 0 Å². The van der Waals surface area contributed by atoms with Crippen LogP contribution in [0.15, 0.2) is 45.7 Å². The van der Waals surface area contributed by atoms with Crippen LogP contribution in [0.4, 0.5) is 10.5 Å². The van der Waals surface area contributed by atoms with Gasteiger partial charge in [0, 0.05) is 56.1 Å². The summed E-state index contributed by atoms with van der Waals surface area (Å²) in [5, 5.41) is 5.89. The van der Waals surface area contributed by atoms with Gasteiger partial charge in [-0.15, -0.1) is 0 Å².